The molecule has 4 aromatic carbocycles. The maximum atomic E-state index is 12.0. The molecule has 0 saturated heterocycles. The Morgan fingerprint density at radius 1 is 0.808 bits per heavy atom. The molecule has 1 heterocycles. The van der Waals surface area contributed by atoms with E-state index in [4.69, 9.17) is 0 Å². The fourth-order valence-corrected chi connectivity index (χ4v) is 4.13. The molecule has 0 bridgehead atoms. The zero-order valence-electron chi connectivity index (χ0n) is 14.1. The van der Waals surface area contributed by atoms with E-state index in [1.165, 1.54) is 16.3 Å². The summed E-state index contributed by atoms with van der Waals surface area (Å²) in [6.45, 7) is 1.27. The minimum absolute atomic E-state index is 0.381. The highest BCUT2D eigenvalue weighted by molar-refractivity contribution is 6.11. The van der Waals surface area contributed by atoms with E-state index in [0.29, 0.717) is 12.1 Å². The lowest BCUT2D eigenvalue weighted by Gasteiger charge is -2.17. The molecule has 3 nitrogen and oxygen atoms in total. The average molecular weight is 339 g/mol. The number of hydrogen-bond donors (Lipinski definition) is 2. The first-order chi connectivity index (χ1) is 12.7. The molecule has 0 unspecified atom stereocenters. The monoisotopic (exact) mass is 339 g/mol. The number of carboxylic acids is 1. The van der Waals surface area contributed by atoms with Gasteiger partial charge in [0.15, 0.2) is 0 Å². The van der Waals surface area contributed by atoms with Crippen LogP contribution < -0.4 is 5.32 Å². The molecule has 26 heavy (non-hydrogen) atoms. The van der Waals surface area contributed by atoms with Crippen molar-refractivity contribution in [2.24, 2.45) is 0 Å². The maximum absolute atomic E-state index is 12.0. The average Bonchev–Trinajstić information content (AvgIpc) is 2.87. The normalized spacial score (nSPS) is 13.2. The Hall–Kier alpha value is -3.17. The molecule has 0 aliphatic carbocycles. The van der Waals surface area contributed by atoms with Crippen molar-refractivity contribution in [1.82, 2.24) is 5.32 Å². The van der Waals surface area contributed by atoms with E-state index in [2.05, 4.69) is 35.6 Å². The minimum Gasteiger partial charge on any atom is -0.478 e. The summed E-state index contributed by atoms with van der Waals surface area (Å²) >= 11 is 0. The van der Waals surface area contributed by atoms with Crippen LogP contribution in [0.3, 0.4) is 0 Å². The molecule has 126 valence electrons. The number of rotatable bonds is 1. The molecule has 0 atom stereocenters. The van der Waals surface area contributed by atoms with E-state index in [1.54, 1.807) is 6.07 Å². The van der Waals surface area contributed by atoms with Crippen LogP contribution in [0.2, 0.25) is 0 Å². The van der Waals surface area contributed by atoms with Crippen molar-refractivity contribution in [2.75, 3.05) is 0 Å². The number of carbonyl (C=O) groups is 1. The summed E-state index contributed by atoms with van der Waals surface area (Å²) in [7, 11) is 0. The van der Waals surface area contributed by atoms with Gasteiger partial charge in [-0.3, -0.25) is 0 Å². The summed E-state index contributed by atoms with van der Waals surface area (Å²) < 4.78 is 0. The molecule has 0 aromatic heterocycles. The van der Waals surface area contributed by atoms with Gasteiger partial charge in [0.05, 0.1) is 5.56 Å². The fraction of sp³-hybridized carbons (Fsp3) is 0.0870. The Morgan fingerprint density at radius 2 is 1.50 bits per heavy atom. The van der Waals surface area contributed by atoms with E-state index >= 15 is 0 Å². The first-order valence-corrected chi connectivity index (χ1v) is 8.73. The molecule has 0 saturated carbocycles. The molecular weight excluding hydrogens is 322 g/mol. The molecule has 1 aliphatic heterocycles. The second-order valence-electron chi connectivity index (χ2n) is 6.73. The molecule has 0 spiro atoms. The fourth-order valence-electron chi connectivity index (χ4n) is 4.13. The van der Waals surface area contributed by atoms with E-state index in [1.807, 2.05) is 30.3 Å². The van der Waals surface area contributed by atoms with Crippen LogP contribution in [0.1, 0.15) is 21.5 Å². The summed E-state index contributed by atoms with van der Waals surface area (Å²) in [5.41, 5.74) is 4.66. The van der Waals surface area contributed by atoms with Crippen molar-refractivity contribution in [1.29, 1.82) is 0 Å². The van der Waals surface area contributed by atoms with Gasteiger partial charge < -0.3 is 10.4 Å². The van der Waals surface area contributed by atoms with E-state index in [0.717, 1.165) is 34.0 Å². The smallest absolute Gasteiger partial charge is 0.336 e. The lowest BCUT2D eigenvalue weighted by Crippen LogP contribution is -2.13. The second-order valence-corrected chi connectivity index (χ2v) is 6.73. The summed E-state index contributed by atoms with van der Waals surface area (Å²) in [6.07, 6.45) is 0. The van der Waals surface area contributed by atoms with Crippen molar-refractivity contribution >= 4 is 27.5 Å². The van der Waals surface area contributed by atoms with Crippen molar-refractivity contribution in [3.8, 4) is 11.1 Å². The molecule has 0 fully saturated rings. The Balaban J connectivity index is 2.03. The largest absolute Gasteiger partial charge is 0.478 e. The summed E-state index contributed by atoms with van der Waals surface area (Å²) in [5, 5.41) is 17.7. The third-order valence-electron chi connectivity index (χ3n) is 5.27. The number of nitrogens with one attached hydrogen (secondary N) is 1. The number of benzene rings is 4. The van der Waals surface area contributed by atoms with Crippen molar-refractivity contribution in [3.63, 3.8) is 0 Å². The van der Waals surface area contributed by atoms with Gasteiger partial charge in [0.25, 0.3) is 0 Å². The molecule has 5 rings (SSSR count). The van der Waals surface area contributed by atoms with Gasteiger partial charge in [-0.25, -0.2) is 4.79 Å². The third kappa shape index (κ3) is 2.14. The molecular formula is C23H17NO2. The van der Waals surface area contributed by atoms with Gasteiger partial charge in [-0.2, -0.15) is 0 Å². The SMILES string of the molecule is O=C(O)c1cc2ccccc2c2c1CNCc1ccc3ccccc3c1-2. The van der Waals surface area contributed by atoms with Crippen LogP contribution in [0.25, 0.3) is 32.7 Å². The van der Waals surface area contributed by atoms with E-state index in [-0.39, 0.29) is 0 Å². The highest BCUT2D eigenvalue weighted by Gasteiger charge is 2.24. The standard InChI is InChI=1S/C23H17NO2/c25-23(26)19-11-15-6-2-4-8-18(15)22-20(19)13-24-12-16-10-9-14-5-1-3-7-17(14)21(16)22/h1-11,24H,12-13H2,(H,25,26). The zero-order valence-corrected chi connectivity index (χ0v) is 14.1. The van der Waals surface area contributed by atoms with Gasteiger partial charge >= 0.3 is 5.97 Å². The van der Waals surface area contributed by atoms with Crippen LogP contribution in [0.5, 0.6) is 0 Å². The number of fused-ring (bicyclic) bond motifs is 7. The van der Waals surface area contributed by atoms with Gasteiger partial charge in [0.1, 0.15) is 0 Å². The maximum Gasteiger partial charge on any atom is 0.336 e. The van der Waals surface area contributed by atoms with Crippen LogP contribution in [0.4, 0.5) is 0 Å². The minimum atomic E-state index is -0.877. The van der Waals surface area contributed by atoms with Crippen molar-refractivity contribution in [3.05, 3.63) is 83.4 Å². The van der Waals surface area contributed by atoms with Crippen LogP contribution >= 0.6 is 0 Å². The van der Waals surface area contributed by atoms with Gasteiger partial charge in [-0.05, 0) is 49.9 Å². The zero-order chi connectivity index (χ0) is 17.7. The van der Waals surface area contributed by atoms with Gasteiger partial charge in [0, 0.05) is 13.1 Å². The first-order valence-electron chi connectivity index (χ1n) is 8.73. The van der Waals surface area contributed by atoms with Crippen LogP contribution in [-0.2, 0) is 13.1 Å². The summed E-state index contributed by atoms with van der Waals surface area (Å²) in [5.74, 6) is -0.877. The van der Waals surface area contributed by atoms with Crippen LogP contribution in [0.15, 0.2) is 66.7 Å². The molecule has 3 heteroatoms. The van der Waals surface area contributed by atoms with E-state index < -0.39 is 5.97 Å². The Kier molecular flexibility index (Phi) is 3.30. The third-order valence-corrected chi connectivity index (χ3v) is 5.27. The predicted molar refractivity (Wildman–Crippen MR) is 104 cm³/mol. The van der Waals surface area contributed by atoms with Gasteiger partial charge in [-0.1, -0.05) is 60.7 Å². The molecule has 2 N–H and O–H groups in total. The molecule has 0 amide bonds. The highest BCUT2D eigenvalue weighted by atomic mass is 16.4. The lowest BCUT2D eigenvalue weighted by molar-refractivity contribution is 0.0696. The predicted octanol–water partition coefficient (Wildman–Crippen LogP) is 4.96. The Labute approximate surface area is 150 Å². The number of hydrogen-bond acceptors (Lipinski definition) is 2. The second kappa shape index (κ2) is 5.68. The van der Waals surface area contributed by atoms with Crippen LogP contribution in [-0.4, -0.2) is 11.1 Å². The Morgan fingerprint density at radius 3 is 2.27 bits per heavy atom. The van der Waals surface area contributed by atoms with Crippen LogP contribution in [0, 0.1) is 0 Å². The topological polar surface area (TPSA) is 49.3 Å². The summed E-state index contributed by atoms with van der Waals surface area (Å²) in [4.78, 5) is 12.0. The van der Waals surface area contributed by atoms with E-state index in [9.17, 15) is 9.90 Å². The quantitative estimate of drug-likeness (QED) is 0.515. The molecule has 0 radical (unpaired) electrons. The van der Waals surface area contributed by atoms with Crippen molar-refractivity contribution in [2.45, 2.75) is 13.1 Å². The number of aromatic carboxylic acids is 1. The molecule has 4 aromatic rings. The van der Waals surface area contributed by atoms with Crippen molar-refractivity contribution < 1.29 is 9.90 Å². The Bertz CT molecular complexity index is 1190. The summed E-state index contributed by atoms with van der Waals surface area (Å²) in [6, 6.07) is 22.5. The van der Waals surface area contributed by atoms with Gasteiger partial charge in [-0.15, -0.1) is 0 Å². The van der Waals surface area contributed by atoms with Gasteiger partial charge in [0.2, 0.25) is 0 Å². The lowest BCUT2D eigenvalue weighted by atomic mass is 9.86. The number of carboxylic acid groups (broad SMARTS) is 1. The first kappa shape index (κ1) is 15.1. The molecule has 1 aliphatic rings. The highest BCUT2D eigenvalue weighted by Crippen LogP contribution is 2.41.